The minimum atomic E-state index is -3.51. The first-order chi connectivity index (χ1) is 8.88. The lowest BCUT2D eigenvalue weighted by Gasteiger charge is -2.36. The number of thiophene rings is 1. The van der Waals surface area contributed by atoms with Crippen molar-refractivity contribution in [3.05, 3.63) is 14.9 Å². The Hall–Kier alpha value is 0.860. The van der Waals surface area contributed by atoms with Crippen molar-refractivity contribution in [3.63, 3.8) is 0 Å². The summed E-state index contributed by atoms with van der Waals surface area (Å²) in [5.41, 5.74) is -0.361. The van der Waals surface area contributed by atoms with Crippen LogP contribution in [0.2, 0.25) is 5.02 Å². The van der Waals surface area contributed by atoms with E-state index in [2.05, 4.69) is 36.6 Å². The summed E-state index contributed by atoms with van der Waals surface area (Å²) in [5.74, 6) is 0. The van der Waals surface area contributed by atoms with Crippen LogP contribution in [0.25, 0.3) is 0 Å². The van der Waals surface area contributed by atoms with Crippen LogP contribution in [0.15, 0.2) is 14.1 Å². The average molecular weight is 452 g/mol. The normalized spacial score (nSPS) is 19.5. The standard InChI is InChI=1S/C11H14Br2ClNO2S2/c12-7-11(4-2-1-3-5-11)15-19(16,17)9-6-8(14)10(13)18-9/h6,15H,1-5,7H2. The molecule has 1 aromatic heterocycles. The Morgan fingerprint density at radius 1 is 1.37 bits per heavy atom. The first-order valence-corrected chi connectivity index (χ1v) is 10.5. The Bertz CT molecular complexity index is 534. The molecule has 8 heteroatoms. The number of halogens is 3. The lowest BCUT2D eigenvalue weighted by atomic mass is 9.84. The minimum Gasteiger partial charge on any atom is -0.206 e. The molecule has 0 bridgehead atoms. The first-order valence-electron chi connectivity index (χ1n) is 5.93. The van der Waals surface area contributed by atoms with Gasteiger partial charge in [0.1, 0.15) is 4.21 Å². The van der Waals surface area contributed by atoms with E-state index in [-0.39, 0.29) is 9.75 Å². The highest BCUT2D eigenvalue weighted by atomic mass is 79.9. The third-order valence-corrected chi connectivity index (χ3v) is 8.91. The molecule has 2 rings (SSSR count). The molecule has 0 aliphatic heterocycles. The smallest absolute Gasteiger partial charge is 0.206 e. The van der Waals surface area contributed by atoms with Gasteiger partial charge in [0.05, 0.1) is 8.81 Å². The summed E-state index contributed by atoms with van der Waals surface area (Å²) in [5, 5.41) is 1.07. The fraction of sp³-hybridized carbons (Fsp3) is 0.636. The molecule has 1 N–H and O–H groups in total. The van der Waals surface area contributed by atoms with Crippen LogP contribution < -0.4 is 4.72 Å². The highest BCUT2D eigenvalue weighted by molar-refractivity contribution is 9.11. The molecule has 1 fully saturated rings. The highest BCUT2D eigenvalue weighted by Crippen LogP contribution is 2.37. The molecule has 0 amide bonds. The molecule has 0 radical (unpaired) electrons. The van der Waals surface area contributed by atoms with E-state index in [1.54, 1.807) is 0 Å². The Morgan fingerprint density at radius 2 is 2.00 bits per heavy atom. The van der Waals surface area contributed by atoms with Gasteiger partial charge in [-0.25, -0.2) is 13.1 Å². The molecule has 0 aromatic carbocycles. The van der Waals surface area contributed by atoms with Gasteiger partial charge in [-0.1, -0.05) is 46.8 Å². The van der Waals surface area contributed by atoms with Crippen LogP contribution in [0.5, 0.6) is 0 Å². The molecular weight excluding hydrogens is 438 g/mol. The molecule has 1 aliphatic rings. The van der Waals surface area contributed by atoms with Crippen molar-refractivity contribution in [1.29, 1.82) is 0 Å². The summed E-state index contributed by atoms with van der Waals surface area (Å²) in [4.78, 5) is 0. The van der Waals surface area contributed by atoms with Crippen molar-refractivity contribution >= 4 is 64.8 Å². The van der Waals surface area contributed by atoms with Crippen LogP contribution in [-0.4, -0.2) is 19.3 Å². The summed E-state index contributed by atoms with van der Waals surface area (Å²) in [6.45, 7) is 0. The minimum absolute atomic E-state index is 0.260. The van der Waals surface area contributed by atoms with E-state index < -0.39 is 10.0 Å². The van der Waals surface area contributed by atoms with Crippen LogP contribution >= 0.6 is 54.8 Å². The van der Waals surface area contributed by atoms with E-state index in [9.17, 15) is 8.42 Å². The van der Waals surface area contributed by atoms with Gasteiger partial charge in [-0.2, -0.15) is 0 Å². The maximum atomic E-state index is 12.4. The number of sulfonamides is 1. The fourth-order valence-corrected chi connectivity index (χ4v) is 7.03. The van der Waals surface area contributed by atoms with Crippen LogP contribution in [0.1, 0.15) is 32.1 Å². The molecule has 1 aliphatic carbocycles. The molecule has 3 nitrogen and oxygen atoms in total. The second kappa shape index (κ2) is 6.32. The van der Waals surface area contributed by atoms with E-state index in [4.69, 9.17) is 11.6 Å². The second-order valence-electron chi connectivity index (χ2n) is 4.77. The zero-order valence-electron chi connectivity index (χ0n) is 10.1. The van der Waals surface area contributed by atoms with Crippen molar-refractivity contribution < 1.29 is 8.42 Å². The number of nitrogens with one attached hydrogen (secondary N) is 1. The zero-order chi connectivity index (χ0) is 14.1. The maximum absolute atomic E-state index is 12.4. The monoisotopic (exact) mass is 449 g/mol. The number of hydrogen-bond donors (Lipinski definition) is 1. The third-order valence-electron chi connectivity index (χ3n) is 3.30. The number of hydrogen-bond acceptors (Lipinski definition) is 3. The lowest BCUT2D eigenvalue weighted by Crippen LogP contribution is -2.50. The molecule has 0 saturated heterocycles. The topological polar surface area (TPSA) is 46.2 Å². The van der Waals surface area contributed by atoms with Gasteiger partial charge in [-0.15, -0.1) is 11.3 Å². The van der Waals surface area contributed by atoms with Gasteiger partial charge >= 0.3 is 0 Å². The molecule has 0 atom stereocenters. The van der Waals surface area contributed by atoms with Crippen molar-refractivity contribution in [2.24, 2.45) is 0 Å². The molecule has 0 spiro atoms. The summed E-state index contributed by atoms with van der Waals surface area (Å²) in [6.07, 6.45) is 5.04. The van der Waals surface area contributed by atoms with Crippen molar-refractivity contribution in [3.8, 4) is 0 Å². The van der Waals surface area contributed by atoms with Gasteiger partial charge in [0.15, 0.2) is 0 Å². The summed E-state index contributed by atoms with van der Waals surface area (Å²) < 4.78 is 28.6. The van der Waals surface area contributed by atoms with E-state index in [1.165, 1.54) is 12.5 Å². The fourth-order valence-electron chi connectivity index (χ4n) is 2.29. The van der Waals surface area contributed by atoms with Gasteiger partial charge in [-0.3, -0.25) is 0 Å². The average Bonchev–Trinajstić information content (AvgIpc) is 2.71. The van der Waals surface area contributed by atoms with Crippen molar-refractivity contribution in [2.45, 2.75) is 41.9 Å². The number of rotatable bonds is 4. The van der Waals surface area contributed by atoms with Gasteiger partial charge in [0, 0.05) is 10.9 Å². The van der Waals surface area contributed by atoms with Gasteiger partial charge in [0.25, 0.3) is 10.0 Å². The van der Waals surface area contributed by atoms with E-state index in [0.717, 1.165) is 37.0 Å². The second-order valence-corrected chi connectivity index (χ2v) is 10.0. The first kappa shape index (κ1) is 16.2. The van der Waals surface area contributed by atoms with Crippen LogP contribution in [0, 0.1) is 0 Å². The Labute approximate surface area is 139 Å². The molecular formula is C11H14Br2ClNO2S2. The molecule has 1 saturated carbocycles. The van der Waals surface area contributed by atoms with Crippen molar-refractivity contribution in [1.82, 2.24) is 4.72 Å². The van der Waals surface area contributed by atoms with Crippen LogP contribution in [-0.2, 0) is 10.0 Å². The summed E-state index contributed by atoms with van der Waals surface area (Å²) in [6, 6.07) is 1.49. The quantitative estimate of drug-likeness (QED) is 0.683. The zero-order valence-corrected chi connectivity index (χ0v) is 15.6. The predicted molar refractivity (Wildman–Crippen MR) is 87.0 cm³/mol. The Kier molecular flexibility index (Phi) is 5.40. The third kappa shape index (κ3) is 3.74. The van der Waals surface area contributed by atoms with E-state index in [0.29, 0.717) is 14.1 Å². The van der Waals surface area contributed by atoms with E-state index >= 15 is 0 Å². The predicted octanol–water partition coefficient (Wildman–Crippen LogP) is 4.54. The molecule has 108 valence electrons. The Morgan fingerprint density at radius 3 is 2.47 bits per heavy atom. The molecule has 1 heterocycles. The van der Waals surface area contributed by atoms with Gasteiger partial charge in [0.2, 0.25) is 0 Å². The summed E-state index contributed by atoms with van der Waals surface area (Å²) >= 11 is 13.8. The lowest BCUT2D eigenvalue weighted by molar-refractivity contribution is 0.301. The molecule has 19 heavy (non-hydrogen) atoms. The largest absolute Gasteiger partial charge is 0.250 e. The van der Waals surface area contributed by atoms with Crippen LogP contribution in [0.3, 0.4) is 0 Å². The highest BCUT2D eigenvalue weighted by Gasteiger charge is 2.36. The number of alkyl halides is 1. The van der Waals surface area contributed by atoms with Crippen molar-refractivity contribution in [2.75, 3.05) is 5.33 Å². The SMILES string of the molecule is O=S(=O)(NC1(CBr)CCCCC1)c1cc(Cl)c(Br)s1. The van der Waals surface area contributed by atoms with Crippen LogP contribution in [0.4, 0.5) is 0 Å². The van der Waals surface area contributed by atoms with Gasteiger partial charge in [-0.05, 0) is 34.8 Å². The molecule has 0 unspecified atom stereocenters. The van der Waals surface area contributed by atoms with E-state index in [1.807, 2.05) is 0 Å². The Balaban J connectivity index is 2.24. The molecule has 1 aromatic rings. The maximum Gasteiger partial charge on any atom is 0.250 e. The van der Waals surface area contributed by atoms with Gasteiger partial charge < -0.3 is 0 Å². The summed E-state index contributed by atoms with van der Waals surface area (Å²) in [7, 11) is -3.51.